The highest BCUT2D eigenvalue weighted by atomic mass is 16.5. The molecule has 2 aromatic heterocycles. The molecule has 20 heavy (non-hydrogen) atoms. The number of nitrogens with zero attached hydrogens (tertiary/aromatic N) is 3. The van der Waals surface area contributed by atoms with Crippen molar-refractivity contribution in [1.82, 2.24) is 20.1 Å². The summed E-state index contributed by atoms with van der Waals surface area (Å²) in [6.07, 6.45) is 4.40. The van der Waals surface area contributed by atoms with Crippen LogP contribution in [0.3, 0.4) is 0 Å². The number of hydrogen-bond acceptors (Lipinski definition) is 4. The van der Waals surface area contributed by atoms with Crippen LogP contribution in [0, 0.1) is 12.8 Å². The van der Waals surface area contributed by atoms with Crippen LogP contribution in [0.2, 0.25) is 0 Å². The van der Waals surface area contributed by atoms with Gasteiger partial charge in [0.25, 0.3) is 0 Å². The molecule has 5 heteroatoms. The zero-order valence-corrected chi connectivity index (χ0v) is 12.2. The van der Waals surface area contributed by atoms with E-state index in [4.69, 9.17) is 4.74 Å². The van der Waals surface area contributed by atoms with E-state index < -0.39 is 0 Å². The monoisotopic (exact) mass is 274 g/mol. The molecule has 108 valence electrons. The topological polar surface area (TPSA) is 52.0 Å². The molecule has 1 fully saturated rings. The van der Waals surface area contributed by atoms with Crippen LogP contribution in [0.25, 0.3) is 11.0 Å². The average Bonchev–Trinajstić information content (AvgIpc) is 2.75. The maximum Gasteiger partial charge on any atom is 0.157 e. The van der Waals surface area contributed by atoms with Gasteiger partial charge in [0.1, 0.15) is 0 Å². The van der Waals surface area contributed by atoms with Crippen molar-refractivity contribution in [3.8, 4) is 0 Å². The van der Waals surface area contributed by atoms with Crippen LogP contribution in [0.4, 0.5) is 0 Å². The van der Waals surface area contributed by atoms with E-state index >= 15 is 0 Å². The number of aryl methyl sites for hydroxylation is 2. The largest absolute Gasteiger partial charge is 0.381 e. The highest BCUT2D eigenvalue weighted by Gasteiger charge is 2.13. The Balaban J connectivity index is 1.61. The Labute approximate surface area is 119 Å². The standard InChI is InChI=1S/C15H22N4O/c1-11-14-6-13(9-17-15(14)19(2)18-11)8-16-7-12-4-3-5-20-10-12/h6,9,12,16H,3-5,7-8,10H2,1-2H3. The molecular formula is C15H22N4O. The molecule has 0 bridgehead atoms. The highest BCUT2D eigenvalue weighted by molar-refractivity contribution is 5.78. The lowest BCUT2D eigenvalue weighted by atomic mass is 10.0. The van der Waals surface area contributed by atoms with Crippen molar-refractivity contribution in [2.45, 2.75) is 26.3 Å². The lowest BCUT2D eigenvalue weighted by Gasteiger charge is -2.22. The molecule has 2 aromatic rings. The average molecular weight is 274 g/mol. The van der Waals surface area contributed by atoms with Gasteiger partial charge in [-0.2, -0.15) is 5.10 Å². The SMILES string of the molecule is Cc1nn(C)c2ncc(CNCC3CCCOC3)cc12. The first-order chi connectivity index (χ1) is 9.74. The fourth-order valence-corrected chi connectivity index (χ4v) is 2.84. The minimum Gasteiger partial charge on any atom is -0.381 e. The summed E-state index contributed by atoms with van der Waals surface area (Å²) in [6.45, 7) is 5.72. The second kappa shape index (κ2) is 5.89. The van der Waals surface area contributed by atoms with E-state index in [0.717, 1.165) is 43.0 Å². The van der Waals surface area contributed by atoms with Crippen molar-refractivity contribution in [3.63, 3.8) is 0 Å². The van der Waals surface area contributed by atoms with E-state index in [1.807, 2.05) is 24.9 Å². The lowest BCUT2D eigenvalue weighted by molar-refractivity contribution is 0.0547. The van der Waals surface area contributed by atoms with Crippen LogP contribution in [-0.2, 0) is 18.3 Å². The molecule has 1 atom stereocenters. The van der Waals surface area contributed by atoms with Crippen molar-refractivity contribution in [2.75, 3.05) is 19.8 Å². The van der Waals surface area contributed by atoms with E-state index in [1.165, 1.54) is 18.4 Å². The zero-order valence-electron chi connectivity index (χ0n) is 12.2. The zero-order chi connectivity index (χ0) is 13.9. The molecule has 0 radical (unpaired) electrons. The Morgan fingerprint density at radius 1 is 1.50 bits per heavy atom. The first-order valence-corrected chi connectivity index (χ1v) is 7.31. The predicted molar refractivity (Wildman–Crippen MR) is 78.5 cm³/mol. The fourth-order valence-electron chi connectivity index (χ4n) is 2.84. The van der Waals surface area contributed by atoms with E-state index in [-0.39, 0.29) is 0 Å². The minimum absolute atomic E-state index is 0.653. The number of pyridine rings is 1. The van der Waals surface area contributed by atoms with Gasteiger partial charge < -0.3 is 10.1 Å². The normalized spacial score (nSPS) is 19.6. The summed E-state index contributed by atoms with van der Waals surface area (Å²) < 4.78 is 7.33. The molecule has 0 spiro atoms. The summed E-state index contributed by atoms with van der Waals surface area (Å²) in [4.78, 5) is 4.50. The molecule has 1 saturated heterocycles. The molecule has 1 N–H and O–H groups in total. The minimum atomic E-state index is 0.653. The van der Waals surface area contributed by atoms with E-state index in [0.29, 0.717) is 5.92 Å². The molecule has 1 unspecified atom stereocenters. The van der Waals surface area contributed by atoms with Gasteiger partial charge in [-0.3, -0.25) is 4.68 Å². The molecule has 5 nitrogen and oxygen atoms in total. The van der Waals surface area contributed by atoms with Gasteiger partial charge in [-0.25, -0.2) is 4.98 Å². The Hall–Kier alpha value is -1.46. The van der Waals surface area contributed by atoms with Crippen LogP contribution < -0.4 is 5.32 Å². The van der Waals surface area contributed by atoms with Gasteiger partial charge in [0.15, 0.2) is 5.65 Å². The van der Waals surface area contributed by atoms with E-state index in [9.17, 15) is 0 Å². The van der Waals surface area contributed by atoms with Crippen molar-refractivity contribution in [2.24, 2.45) is 13.0 Å². The maximum atomic E-state index is 5.50. The lowest BCUT2D eigenvalue weighted by Crippen LogP contribution is -2.28. The number of hydrogen-bond donors (Lipinski definition) is 1. The van der Waals surface area contributed by atoms with Gasteiger partial charge in [-0.1, -0.05) is 0 Å². The third kappa shape index (κ3) is 2.83. The molecular weight excluding hydrogens is 252 g/mol. The van der Waals surface area contributed by atoms with Gasteiger partial charge in [-0.05, 0) is 37.3 Å². The second-order valence-electron chi connectivity index (χ2n) is 5.64. The van der Waals surface area contributed by atoms with Crippen molar-refractivity contribution >= 4 is 11.0 Å². The second-order valence-corrected chi connectivity index (χ2v) is 5.64. The molecule has 0 aromatic carbocycles. The van der Waals surface area contributed by atoms with E-state index in [2.05, 4.69) is 21.5 Å². The molecule has 3 heterocycles. The predicted octanol–water partition coefficient (Wildman–Crippen LogP) is 1.79. The van der Waals surface area contributed by atoms with Crippen LogP contribution in [-0.4, -0.2) is 34.5 Å². The van der Waals surface area contributed by atoms with Crippen LogP contribution in [0.5, 0.6) is 0 Å². The molecule has 0 saturated carbocycles. The Morgan fingerprint density at radius 2 is 2.40 bits per heavy atom. The quantitative estimate of drug-likeness (QED) is 0.923. The Kier molecular flexibility index (Phi) is 3.98. The molecule has 0 amide bonds. The smallest absolute Gasteiger partial charge is 0.157 e. The van der Waals surface area contributed by atoms with Crippen LogP contribution >= 0.6 is 0 Å². The van der Waals surface area contributed by atoms with Gasteiger partial charge in [0.05, 0.1) is 12.3 Å². The van der Waals surface area contributed by atoms with Gasteiger partial charge in [0.2, 0.25) is 0 Å². The first-order valence-electron chi connectivity index (χ1n) is 7.31. The van der Waals surface area contributed by atoms with Gasteiger partial charge in [-0.15, -0.1) is 0 Å². The summed E-state index contributed by atoms with van der Waals surface area (Å²) in [5.74, 6) is 0.653. The molecule has 0 aliphatic carbocycles. The summed E-state index contributed by atoms with van der Waals surface area (Å²) in [7, 11) is 1.93. The van der Waals surface area contributed by atoms with Gasteiger partial charge in [0, 0.05) is 38.3 Å². The number of nitrogens with one attached hydrogen (secondary N) is 1. The number of rotatable bonds is 4. The molecule has 1 aliphatic heterocycles. The Bertz CT molecular complexity index is 587. The molecule has 3 rings (SSSR count). The summed E-state index contributed by atoms with van der Waals surface area (Å²) >= 11 is 0. The highest BCUT2D eigenvalue weighted by Crippen LogP contribution is 2.17. The number of ether oxygens (including phenoxy) is 1. The fraction of sp³-hybridized carbons (Fsp3) is 0.600. The van der Waals surface area contributed by atoms with Crippen LogP contribution in [0.1, 0.15) is 24.1 Å². The van der Waals surface area contributed by atoms with Crippen molar-refractivity contribution in [1.29, 1.82) is 0 Å². The van der Waals surface area contributed by atoms with E-state index in [1.54, 1.807) is 0 Å². The van der Waals surface area contributed by atoms with Gasteiger partial charge >= 0.3 is 0 Å². The first kappa shape index (κ1) is 13.5. The van der Waals surface area contributed by atoms with Crippen LogP contribution in [0.15, 0.2) is 12.3 Å². The Morgan fingerprint density at radius 3 is 3.20 bits per heavy atom. The van der Waals surface area contributed by atoms with Crippen molar-refractivity contribution in [3.05, 3.63) is 23.5 Å². The third-order valence-electron chi connectivity index (χ3n) is 3.94. The summed E-state index contributed by atoms with van der Waals surface area (Å²) in [5, 5.41) is 9.06. The number of fused-ring (bicyclic) bond motifs is 1. The third-order valence-corrected chi connectivity index (χ3v) is 3.94. The number of aromatic nitrogens is 3. The molecule has 1 aliphatic rings. The van der Waals surface area contributed by atoms with Crippen molar-refractivity contribution < 1.29 is 4.74 Å². The maximum absolute atomic E-state index is 5.50. The summed E-state index contributed by atoms with van der Waals surface area (Å²) in [5.41, 5.74) is 3.20. The summed E-state index contributed by atoms with van der Waals surface area (Å²) in [6, 6.07) is 2.19.